The Morgan fingerprint density at radius 3 is 2.57 bits per heavy atom. The standard InChI is InChI=1S/C11H12O.H3NS/c1-8-3-2-4-10(7-8)11(12)9-5-6-9;1-2/h2-4,7,9H,5-6H2,1H3;2H,1H2. The van der Waals surface area contributed by atoms with E-state index in [1.165, 1.54) is 5.56 Å². The maximum Gasteiger partial charge on any atom is 0.165 e. The van der Waals surface area contributed by atoms with Crippen LogP contribution < -0.4 is 5.14 Å². The Morgan fingerprint density at radius 2 is 2.07 bits per heavy atom. The van der Waals surface area contributed by atoms with Crippen LogP contribution in [0.2, 0.25) is 0 Å². The minimum Gasteiger partial charge on any atom is -0.294 e. The van der Waals surface area contributed by atoms with Gasteiger partial charge in [0.05, 0.1) is 0 Å². The highest BCUT2D eigenvalue weighted by Crippen LogP contribution is 2.32. The second-order valence-electron chi connectivity index (χ2n) is 3.51. The van der Waals surface area contributed by atoms with Crippen LogP contribution in [0.3, 0.4) is 0 Å². The van der Waals surface area contributed by atoms with Crippen LogP contribution in [-0.2, 0) is 0 Å². The van der Waals surface area contributed by atoms with Crippen molar-refractivity contribution in [3.63, 3.8) is 0 Å². The summed E-state index contributed by atoms with van der Waals surface area (Å²) in [5.74, 6) is 0.672. The molecule has 0 radical (unpaired) electrons. The van der Waals surface area contributed by atoms with Gasteiger partial charge in [-0.1, -0.05) is 23.8 Å². The van der Waals surface area contributed by atoms with E-state index >= 15 is 0 Å². The number of carbonyl (C=O) groups excluding carboxylic acids is 1. The second kappa shape index (κ2) is 5.17. The van der Waals surface area contributed by atoms with Crippen molar-refractivity contribution in [1.82, 2.24) is 0 Å². The lowest BCUT2D eigenvalue weighted by Crippen LogP contribution is -2.00. The normalized spacial score (nSPS) is 14.2. The van der Waals surface area contributed by atoms with Crippen molar-refractivity contribution < 1.29 is 4.79 Å². The Hall–Kier alpha value is -0.800. The number of hydrogen-bond acceptors (Lipinski definition) is 3. The topological polar surface area (TPSA) is 43.1 Å². The zero-order valence-electron chi connectivity index (χ0n) is 8.23. The van der Waals surface area contributed by atoms with E-state index in [2.05, 4.69) is 18.0 Å². The van der Waals surface area contributed by atoms with Crippen molar-refractivity contribution in [3.8, 4) is 0 Å². The molecular formula is C11H15NOS. The largest absolute Gasteiger partial charge is 0.294 e. The summed E-state index contributed by atoms with van der Waals surface area (Å²) in [4.78, 5) is 11.6. The van der Waals surface area contributed by atoms with Gasteiger partial charge in [0.2, 0.25) is 0 Å². The van der Waals surface area contributed by atoms with Gasteiger partial charge in [0.15, 0.2) is 5.78 Å². The first-order valence-electron chi connectivity index (χ1n) is 4.64. The van der Waals surface area contributed by atoms with E-state index < -0.39 is 0 Å². The molecule has 76 valence electrons. The van der Waals surface area contributed by atoms with Gasteiger partial charge in [-0.3, -0.25) is 9.93 Å². The molecule has 0 spiro atoms. The molecule has 14 heavy (non-hydrogen) atoms. The molecule has 0 atom stereocenters. The number of nitrogens with two attached hydrogens (primary N) is 1. The minimum absolute atomic E-state index is 0.332. The number of aryl methyl sites for hydroxylation is 1. The van der Waals surface area contributed by atoms with Gasteiger partial charge in [-0.15, -0.1) is 12.8 Å². The first kappa shape index (κ1) is 11.3. The lowest BCUT2D eigenvalue weighted by atomic mass is 10.1. The van der Waals surface area contributed by atoms with E-state index in [0.29, 0.717) is 11.7 Å². The number of carbonyl (C=O) groups is 1. The summed E-state index contributed by atoms with van der Waals surface area (Å²) in [6.45, 7) is 2.02. The molecule has 1 fully saturated rings. The van der Waals surface area contributed by atoms with Crippen molar-refractivity contribution in [1.29, 1.82) is 0 Å². The molecule has 0 saturated heterocycles. The third kappa shape index (κ3) is 2.86. The maximum atomic E-state index is 11.6. The van der Waals surface area contributed by atoms with Crippen LogP contribution in [0.25, 0.3) is 0 Å². The average Bonchev–Trinajstić information content (AvgIpc) is 3.03. The van der Waals surface area contributed by atoms with E-state index in [1.807, 2.05) is 31.2 Å². The van der Waals surface area contributed by atoms with Crippen molar-refractivity contribution in [2.45, 2.75) is 19.8 Å². The van der Waals surface area contributed by atoms with Crippen molar-refractivity contribution in [3.05, 3.63) is 35.4 Å². The van der Waals surface area contributed by atoms with E-state index in [9.17, 15) is 4.79 Å². The molecule has 1 aliphatic rings. The molecule has 0 heterocycles. The number of thiol groups is 1. The first-order valence-corrected chi connectivity index (χ1v) is 5.16. The minimum atomic E-state index is 0.332. The monoisotopic (exact) mass is 209 g/mol. The average molecular weight is 209 g/mol. The van der Waals surface area contributed by atoms with Gasteiger partial charge < -0.3 is 0 Å². The van der Waals surface area contributed by atoms with Crippen LogP contribution in [0.5, 0.6) is 0 Å². The van der Waals surface area contributed by atoms with Gasteiger partial charge in [-0.25, -0.2) is 0 Å². The smallest absolute Gasteiger partial charge is 0.165 e. The fourth-order valence-electron chi connectivity index (χ4n) is 1.38. The van der Waals surface area contributed by atoms with Gasteiger partial charge in [0.25, 0.3) is 0 Å². The van der Waals surface area contributed by atoms with Crippen LogP contribution >= 0.6 is 12.8 Å². The predicted octanol–water partition coefficient (Wildman–Crippen LogP) is 2.38. The maximum absolute atomic E-state index is 11.6. The van der Waals surface area contributed by atoms with Gasteiger partial charge in [0.1, 0.15) is 0 Å². The molecule has 2 nitrogen and oxygen atoms in total. The molecule has 1 aromatic carbocycles. The van der Waals surface area contributed by atoms with Crippen molar-refractivity contribution in [2.24, 2.45) is 11.1 Å². The van der Waals surface area contributed by atoms with Crippen LogP contribution in [0.4, 0.5) is 0 Å². The molecule has 0 amide bonds. The fraction of sp³-hybridized carbons (Fsp3) is 0.364. The van der Waals surface area contributed by atoms with Gasteiger partial charge in [-0.2, -0.15) is 0 Å². The Morgan fingerprint density at radius 1 is 1.43 bits per heavy atom. The number of benzene rings is 1. The van der Waals surface area contributed by atoms with E-state index in [4.69, 9.17) is 0 Å². The summed E-state index contributed by atoms with van der Waals surface area (Å²) in [5.41, 5.74) is 2.05. The molecule has 0 aliphatic heterocycles. The second-order valence-corrected chi connectivity index (χ2v) is 3.51. The van der Waals surface area contributed by atoms with Gasteiger partial charge in [0, 0.05) is 11.5 Å². The molecular weight excluding hydrogens is 194 g/mol. The molecule has 0 aromatic heterocycles. The first-order chi connectivity index (χ1) is 6.77. The summed E-state index contributed by atoms with van der Waals surface area (Å²) in [5, 5.41) is 4.19. The molecule has 2 N–H and O–H groups in total. The Bertz CT molecular complexity index is 321. The highest BCUT2D eigenvalue weighted by molar-refractivity contribution is 7.77. The van der Waals surface area contributed by atoms with Gasteiger partial charge >= 0.3 is 0 Å². The zero-order chi connectivity index (χ0) is 10.6. The number of rotatable bonds is 2. The molecule has 2 rings (SSSR count). The number of ketones is 1. The highest BCUT2D eigenvalue weighted by atomic mass is 32.1. The lowest BCUT2D eigenvalue weighted by molar-refractivity contribution is 0.0967. The third-order valence-corrected chi connectivity index (χ3v) is 2.25. The Kier molecular flexibility index (Phi) is 4.17. The summed E-state index contributed by atoms with van der Waals surface area (Å²) < 4.78 is 0. The lowest BCUT2D eigenvalue weighted by Gasteiger charge is -1.98. The quantitative estimate of drug-likeness (QED) is 0.580. The Labute approximate surface area is 90.0 Å². The number of hydrogen-bond donors (Lipinski definition) is 2. The number of Topliss-reactive ketones (excluding diaryl/α,β-unsaturated/α-hetero) is 1. The SMILES string of the molecule is Cc1cccc(C(=O)C2CC2)c1.NS. The summed E-state index contributed by atoms with van der Waals surface area (Å²) >= 11 is 3.03. The van der Waals surface area contributed by atoms with Crippen LogP contribution in [0, 0.1) is 12.8 Å². The van der Waals surface area contributed by atoms with Crippen molar-refractivity contribution in [2.75, 3.05) is 0 Å². The molecule has 1 aliphatic carbocycles. The van der Waals surface area contributed by atoms with E-state index in [1.54, 1.807) is 0 Å². The van der Waals surface area contributed by atoms with Crippen molar-refractivity contribution >= 4 is 18.6 Å². The van der Waals surface area contributed by atoms with Crippen LogP contribution in [0.1, 0.15) is 28.8 Å². The van der Waals surface area contributed by atoms with E-state index in [-0.39, 0.29) is 0 Å². The summed E-state index contributed by atoms with van der Waals surface area (Å²) in [7, 11) is 0. The summed E-state index contributed by atoms with van der Waals surface area (Å²) in [6, 6.07) is 7.85. The highest BCUT2D eigenvalue weighted by Gasteiger charge is 2.30. The van der Waals surface area contributed by atoms with Crippen LogP contribution in [-0.4, -0.2) is 5.78 Å². The summed E-state index contributed by atoms with van der Waals surface area (Å²) in [6.07, 6.45) is 2.18. The zero-order valence-corrected chi connectivity index (χ0v) is 9.13. The van der Waals surface area contributed by atoms with Crippen LogP contribution in [0.15, 0.2) is 24.3 Å². The molecule has 1 saturated carbocycles. The van der Waals surface area contributed by atoms with E-state index in [0.717, 1.165) is 18.4 Å². The van der Waals surface area contributed by atoms with Gasteiger partial charge in [-0.05, 0) is 25.8 Å². The molecule has 0 unspecified atom stereocenters. The fourth-order valence-corrected chi connectivity index (χ4v) is 1.38. The Balaban J connectivity index is 0.000000461. The molecule has 0 bridgehead atoms. The molecule has 3 heteroatoms. The predicted molar refractivity (Wildman–Crippen MR) is 61.4 cm³/mol. The molecule has 1 aromatic rings. The third-order valence-electron chi connectivity index (χ3n) is 2.25.